The van der Waals surface area contributed by atoms with Gasteiger partial charge in [0.05, 0.1) is 6.07 Å². The van der Waals surface area contributed by atoms with Crippen molar-refractivity contribution < 1.29 is 0 Å². The average Bonchev–Trinajstić information content (AvgIpc) is 2.19. The summed E-state index contributed by atoms with van der Waals surface area (Å²) in [6.07, 6.45) is 3.02. The van der Waals surface area contributed by atoms with Crippen molar-refractivity contribution in [2.75, 3.05) is 6.54 Å². The number of hydrogen-bond acceptors (Lipinski definition) is 2. The van der Waals surface area contributed by atoms with Crippen LogP contribution in [0.2, 0.25) is 0 Å². The minimum atomic E-state index is 0.290. The first kappa shape index (κ1) is 10.2. The highest BCUT2D eigenvalue weighted by Crippen LogP contribution is 2.40. The van der Waals surface area contributed by atoms with Crippen LogP contribution >= 0.6 is 0 Å². The predicted octanol–water partition coefficient (Wildman–Crippen LogP) is 2.20. The van der Waals surface area contributed by atoms with E-state index in [1.165, 1.54) is 11.1 Å². The molecular formula is C13H16N2. The topological polar surface area (TPSA) is 49.8 Å². The van der Waals surface area contributed by atoms with Gasteiger partial charge in [0.1, 0.15) is 0 Å². The lowest BCUT2D eigenvalue weighted by molar-refractivity contribution is 0.331. The van der Waals surface area contributed by atoms with Crippen LogP contribution in [0.25, 0.3) is 0 Å². The van der Waals surface area contributed by atoms with Crippen molar-refractivity contribution in [2.24, 2.45) is 11.7 Å². The molecule has 1 aromatic rings. The second-order valence-corrected chi connectivity index (χ2v) is 4.27. The summed E-state index contributed by atoms with van der Waals surface area (Å²) in [6.45, 7) is 0.708. The number of hydrogen-bond donors (Lipinski definition) is 1. The maximum atomic E-state index is 8.70. The summed E-state index contributed by atoms with van der Waals surface area (Å²) >= 11 is 0. The van der Waals surface area contributed by atoms with Gasteiger partial charge >= 0.3 is 0 Å². The van der Waals surface area contributed by atoms with Crippen LogP contribution in [0.4, 0.5) is 0 Å². The van der Waals surface area contributed by atoms with Crippen LogP contribution in [0.5, 0.6) is 0 Å². The Bertz CT molecular complexity index is 355. The molecule has 0 amide bonds. The van der Waals surface area contributed by atoms with E-state index in [0.717, 1.165) is 19.3 Å². The summed E-state index contributed by atoms with van der Waals surface area (Å²) in [4.78, 5) is 0. The summed E-state index contributed by atoms with van der Waals surface area (Å²) < 4.78 is 0. The fourth-order valence-electron chi connectivity index (χ4n) is 2.12. The van der Waals surface area contributed by atoms with Crippen molar-refractivity contribution in [3.8, 4) is 6.07 Å². The Kier molecular flexibility index (Phi) is 3.03. The van der Waals surface area contributed by atoms with Gasteiger partial charge in [0.15, 0.2) is 0 Å². The lowest BCUT2D eigenvalue weighted by Gasteiger charge is -2.30. The molecule has 0 heterocycles. The molecule has 2 N–H and O–H groups in total. The standard InChI is InChI=1S/C13H16N2/c14-6-5-10-1-3-12(4-2-10)13-7-11(8-13)9-15/h1-4,11,13H,5-8,14H2. The monoisotopic (exact) mass is 200 g/mol. The summed E-state index contributed by atoms with van der Waals surface area (Å²) in [7, 11) is 0. The minimum Gasteiger partial charge on any atom is -0.330 e. The van der Waals surface area contributed by atoms with Crippen molar-refractivity contribution in [3.63, 3.8) is 0 Å². The van der Waals surface area contributed by atoms with Gasteiger partial charge in [-0.3, -0.25) is 0 Å². The van der Waals surface area contributed by atoms with E-state index in [2.05, 4.69) is 30.3 Å². The zero-order valence-corrected chi connectivity index (χ0v) is 8.82. The molecule has 1 saturated carbocycles. The molecule has 1 aromatic carbocycles. The van der Waals surface area contributed by atoms with Gasteiger partial charge in [0.2, 0.25) is 0 Å². The molecule has 0 saturated heterocycles. The van der Waals surface area contributed by atoms with Crippen LogP contribution in [0.15, 0.2) is 24.3 Å². The third-order valence-electron chi connectivity index (χ3n) is 3.20. The van der Waals surface area contributed by atoms with Crippen molar-refractivity contribution in [1.29, 1.82) is 5.26 Å². The summed E-state index contributed by atoms with van der Waals surface area (Å²) in [6, 6.07) is 11.0. The van der Waals surface area contributed by atoms with E-state index >= 15 is 0 Å². The third kappa shape index (κ3) is 2.19. The van der Waals surface area contributed by atoms with Crippen molar-refractivity contribution in [3.05, 3.63) is 35.4 Å². The molecular weight excluding hydrogens is 184 g/mol. The van der Waals surface area contributed by atoms with Gasteiger partial charge in [-0.15, -0.1) is 0 Å². The Balaban J connectivity index is 1.97. The lowest BCUT2D eigenvalue weighted by Crippen LogP contribution is -2.20. The van der Waals surface area contributed by atoms with E-state index in [0.29, 0.717) is 18.4 Å². The molecule has 0 atom stereocenters. The number of nitriles is 1. The third-order valence-corrected chi connectivity index (χ3v) is 3.20. The van der Waals surface area contributed by atoms with Crippen LogP contribution in [0.3, 0.4) is 0 Å². The molecule has 1 aliphatic carbocycles. The van der Waals surface area contributed by atoms with E-state index in [9.17, 15) is 0 Å². The molecule has 0 unspecified atom stereocenters. The molecule has 0 aromatic heterocycles. The molecule has 0 aliphatic heterocycles. The second kappa shape index (κ2) is 4.46. The highest BCUT2D eigenvalue weighted by molar-refractivity contribution is 5.28. The van der Waals surface area contributed by atoms with Gasteiger partial charge in [-0.05, 0) is 42.9 Å². The minimum absolute atomic E-state index is 0.290. The molecule has 2 heteroatoms. The number of nitrogens with zero attached hydrogens (tertiary/aromatic N) is 1. The Hall–Kier alpha value is -1.33. The van der Waals surface area contributed by atoms with Crippen LogP contribution in [0.1, 0.15) is 29.9 Å². The Morgan fingerprint density at radius 2 is 1.93 bits per heavy atom. The second-order valence-electron chi connectivity index (χ2n) is 4.27. The van der Waals surface area contributed by atoms with E-state index in [4.69, 9.17) is 11.0 Å². The predicted molar refractivity (Wildman–Crippen MR) is 60.3 cm³/mol. The Morgan fingerprint density at radius 1 is 1.27 bits per heavy atom. The molecule has 15 heavy (non-hydrogen) atoms. The van der Waals surface area contributed by atoms with Gasteiger partial charge in [-0.2, -0.15) is 5.26 Å². The van der Waals surface area contributed by atoms with E-state index < -0.39 is 0 Å². The van der Waals surface area contributed by atoms with Gasteiger partial charge in [0.25, 0.3) is 0 Å². The maximum Gasteiger partial charge on any atom is 0.0656 e. The van der Waals surface area contributed by atoms with Gasteiger partial charge in [0, 0.05) is 5.92 Å². The first-order valence-corrected chi connectivity index (χ1v) is 5.52. The first-order chi connectivity index (χ1) is 7.33. The SMILES string of the molecule is N#CC1CC(c2ccc(CCN)cc2)C1. The quantitative estimate of drug-likeness (QED) is 0.813. The average molecular weight is 200 g/mol. The normalized spacial score (nSPS) is 24.3. The molecule has 0 spiro atoms. The number of nitrogens with two attached hydrogens (primary N) is 1. The lowest BCUT2D eigenvalue weighted by atomic mass is 9.72. The number of benzene rings is 1. The van der Waals surface area contributed by atoms with Gasteiger partial charge < -0.3 is 5.73 Å². The van der Waals surface area contributed by atoms with Crippen molar-refractivity contribution >= 4 is 0 Å². The Labute approximate surface area is 90.7 Å². The molecule has 1 aliphatic rings. The first-order valence-electron chi connectivity index (χ1n) is 5.52. The van der Waals surface area contributed by atoms with Crippen LogP contribution in [0, 0.1) is 17.2 Å². The highest BCUT2D eigenvalue weighted by Gasteiger charge is 2.29. The summed E-state index contributed by atoms with van der Waals surface area (Å²) in [5, 5.41) is 8.70. The van der Waals surface area contributed by atoms with Crippen molar-refractivity contribution in [1.82, 2.24) is 0 Å². The van der Waals surface area contributed by atoms with Gasteiger partial charge in [-0.25, -0.2) is 0 Å². The van der Waals surface area contributed by atoms with Crippen LogP contribution in [-0.2, 0) is 6.42 Å². The highest BCUT2D eigenvalue weighted by atomic mass is 14.5. The number of rotatable bonds is 3. The molecule has 0 radical (unpaired) electrons. The fraction of sp³-hybridized carbons (Fsp3) is 0.462. The smallest absolute Gasteiger partial charge is 0.0656 e. The van der Waals surface area contributed by atoms with E-state index in [1.807, 2.05) is 0 Å². The van der Waals surface area contributed by atoms with E-state index in [1.54, 1.807) is 0 Å². The fourth-order valence-corrected chi connectivity index (χ4v) is 2.12. The summed E-state index contributed by atoms with van der Waals surface area (Å²) in [5.74, 6) is 0.903. The van der Waals surface area contributed by atoms with Crippen molar-refractivity contribution in [2.45, 2.75) is 25.2 Å². The molecule has 0 bridgehead atoms. The summed E-state index contributed by atoms with van der Waals surface area (Å²) in [5.41, 5.74) is 8.18. The van der Waals surface area contributed by atoms with E-state index in [-0.39, 0.29) is 0 Å². The van der Waals surface area contributed by atoms with Gasteiger partial charge in [-0.1, -0.05) is 24.3 Å². The molecule has 2 rings (SSSR count). The zero-order chi connectivity index (χ0) is 10.7. The molecule has 2 nitrogen and oxygen atoms in total. The molecule has 1 fully saturated rings. The largest absolute Gasteiger partial charge is 0.330 e. The molecule has 78 valence electrons. The zero-order valence-electron chi connectivity index (χ0n) is 8.82. The van der Waals surface area contributed by atoms with Crippen LogP contribution < -0.4 is 5.73 Å². The maximum absolute atomic E-state index is 8.70. The van der Waals surface area contributed by atoms with Crippen LogP contribution in [-0.4, -0.2) is 6.54 Å². The Morgan fingerprint density at radius 3 is 2.47 bits per heavy atom.